The number of piperazine rings is 1. The van der Waals surface area contributed by atoms with E-state index in [9.17, 15) is 10.1 Å². The molecule has 1 atom stereocenters. The summed E-state index contributed by atoms with van der Waals surface area (Å²) in [6, 6.07) is 2.50. The molecule has 3 aliphatic rings. The second-order valence-electron chi connectivity index (χ2n) is 10.3. The number of rotatable bonds is 5. The first-order valence-electron chi connectivity index (χ1n) is 12.0. The average Bonchev–Trinajstić information content (AvgIpc) is 3.60. The number of hydrogen-bond acceptors (Lipinski definition) is 6. The third kappa shape index (κ3) is 4.43. The van der Waals surface area contributed by atoms with Crippen molar-refractivity contribution in [3.63, 3.8) is 0 Å². The molecule has 0 N–H and O–H groups in total. The molecular weight excluding hydrogens is 404 g/mol. The van der Waals surface area contributed by atoms with E-state index in [1.165, 1.54) is 0 Å². The fourth-order valence-corrected chi connectivity index (χ4v) is 4.89. The lowest BCUT2D eigenvalue weighted by molar-refractivity contribution is -0.0407. The lowest BCUT2D eigenvalue weighted by atomic mass is 9.87. The molecule has 0 bridgehead atoms. The van der Waals surface area contributed by atoms with Crippen molar-refractivity contribution in [2.45, 2.75) is 84.5 Å². The van der Waals surface area contributed by atoms with E-state index >= 15 is 0 Å². The Morgan fingerprint density at radius 1 is 1.31 bits per heavy atom. The average molecular weight is 441 g/mol. The van der Waals surface area contributed by atoms with Crippen LogP contribution in [0.25, 0.3) is 0 Å². The highest BCUT2D eigenvalue weighted by Crippen LogP contribution is 2.46. The van der Waals surface area contributed by atoms with Crippen molar-refractivity contribution in [1.29, 1.82) is 5.26 Å². The fourth-order valence-electron chi connectivity index (χ4n) is 4.89. The molecule has 2 fully saturated rings. The molecule has 7 nitrogen and oxygen atoms in total. The predicted octanol–water partition coefficient (Wildman–Crippen LogP) is 4.38. The molecule has 1 saturated heterocycles. The van der Waals surface area contributed by atoms with E-state index < -0.39 is 0 Å². The van der Waals surface area contributed by atoms with E-state index in [-0.39, 0.29) is 23.7 Å². The summed E-state index contributed by atoms with van der Waals surface area (Å²) in [4.78, 5) is 21.8. The topological polar surface area (TPSA) is 78.7 Å². The molecule has 32 heavy (non-hydrogen) atoms. The van der Waals surface area contributed by atoms with Crippen molar-refractivity contribution in [1.82, 2.24) is 9.88 Å². The van der Waals surface area contributed by atoms with Crippen LogP contribution in [0.2, 0.25) is 0 Å². The van der Waals surface area contributed by atoms with Crippen LogP contribution in [0.5, 0.6) is 0 Å². The van der Waals surface area contributed by atoms with E-state index in [4.69, 9.17) is 14.5 Å². The van der Waals surface area contributed by atoms with Gasteiger partial charge in [0, 0.05) is 37.5 Å². The summed E-state index contributed by atoms with van der Waals surface area (Å²) in [6.45, 7) is 13.3. The van der Waals surface area contributed by atoms with Crippen LogP contribution in [0.3, 0.4) is 0 Å². The van der Waals surface area contributed by atoms with E-state index in [1.54, 1.807) is 0 Å². The Balaban J connectivity index is 1.68. The van der Waals surface area contributed by atoms with Crippen molar-refractivity contribution in [2.24, 2.45) is 5.92 Å². The van der Waals surface area contributed by atoms with Crippen molar-refractivity contribution < 1.29 is 14.3 Å². The zero-order valence-electron chi connectivity index (χ0n) is 20.1. The SMILES string of the molecule is CCCOC(=O)N1CCN(c2nc(C3CC3)c3c(c2C#N)CC(C)(C)OC3)C[C@H]1C(C)C. The molecule has 0 spiro atoms. The fraction of sp³-hybridized carbons (Fsp3) is 0.720. The lowest BCUT2D eigenvalue weighted by Gasteiger charge is -2.44. The number of amides is 1. The van der Waals surface area contributed by atoms with Crippen molar-refractivity contribution in [2.75, 3.05) is 31.1 Å². The number of carbonyl (C=O) groups is 1. The van der Waals surface area contributed by atoms with Gasteiger partial charge in [0.05, 0.1) is 36.1 Å². The molecule has 0 unspecified atom stereocenters. The van der Waals surface area contributed by atoms with Gasteiger partial charge in [-0.2, -0.15) is 5.26 Å². The van der Waals surface area contributed by atoms with Gasteiger partial charge < -0.3 is 19.3 Å². The van der Waals surface area contributed by atoms with Gasteiger partial charge >= 0.3 is 6.09 Å². The predicted molar refractivity (Wildman–Crippen MR) is 123 cm³/mol. The number of hydrogen-bond donors (Lipinski definition) is 0. The summed E-state index contributed by atoms with van der Waals surface area (Å²) in [5.74, 6) is 1.54. The molecule has 0 aromatic carbocycles. The summed E-state index contributed by atoms with van der Waals surface area (Å²) < 4.78 is 11.5. The summed E-state index contributed by atoms with van der Waals surface area (Å²) in [5, 5.41) is 10.2. The van der Waals surface area contributed by atoms with Crippen LogP contribution in [0, 0.1) is 17.2 Å². The number of nitriles is 1. The van der Waals surface area contributed by atoms with Gasteiger partial charge in [-0.15, -0.1) is 0 Å². The number of fused-ring (bicyclic) bond motifs is 1. The zero-order chi connectivity index (χ0) is 23.0. The maximum atomic E-state index is 12.7. The number of anilines is 1. The molecule has 4 rings (SSSR count). The third-order valence-electron chi connectivity index (χ3n) is 6.86. The van der Waals surface area contributed by atoms with E-state index in [0.717, 1.165) is 48.3 Å². The molecule has 1 amide bonds. The largest absolute Gasteiger partial charge is 0.449 e. The van der Waals surface area contributed by atoms with Gasteiger partial charge in [0.1, 0.15) is 11.9 Å². The second-order valence-corrected chi connectivity index (χ2v) is 10.3. The molecule has 1 saturated carbocycles. The van der Waals surface area contributed by atoms with Gasteiger partial charge in [0.25, 0.3) is 0 Å². The minimum atomic E-state index is -0.291. The van der Waals surface area contributed by atoms with Crippen molar-refractivity contribution in [3.8, 4) is 6.07 Å². The standard InChI is InChI=1S/C25H36N4O3/c1-6-11-31-24(30)29-10-9-28(14-21(29)16(2)3)23-19(13-26)18-12-25(4,5)32-15-20(18)22(27-23)17-7-8-17/h16-17,21H,6-12,14-15H2,1-5H3/t21-/m0/s1. The van der Waals surface area contributed by atoms with Crippen LogP contribution >= 0.6 is 0 Å². The summed E-state index contributed by atoms with van der Waals surface area (Å²) >= 11 is 0. The molecule has 0 radical (unpaired) electrons. The first-order valence-corrected chi connectivity index (χ1v) is 12.0. The highest BCUT2D eigenvalue weighted by atomic mass is 16.6. The zero-order valence-corrected chi connectivity index (χ0v) is 20.1. The van der Waals surface area contributed by atoms with Crippen LogP contribution in [-0.2, 0) is 22.5 Å². The molecule has 1 aromatic rings. The van der Waals surface area contributed by atoms with Gasteiger partial charge in [-0.05, 0) is 44.6 Å². The number of ether oxygens (including phenoxy) is 2. The second kappa shape index (κ2) is 8.90. The molecule has 7 heteroatoms. The summed E-state index contributed by atoms with van der Waals surface area (Å²) in [6.07, 6.45) is 3.60. The first kappa shape index (κ1) is 22.8. The minimum absolute atomic E-state index is 0.0154. The summed E-state index contributed by atoms with van der Waals surface area (Å²) in [7, 11) is 0. The van der Waals surface area contributed by atoms with Crippen LogP contribution in [0.15, 0.2) is 0 Å². The van der Waals surface area contributed by atoms with Gasteiger partial charge in [0.15, 0.2) is 0 Å². The van der Waals surface area contributed by atoms with Crippen LogP contribution < -0.4 is 4.90 Å². The van der Waals surface area contributed by atoms with Crippen LogP contribution in [0.4, 0.5) is 10.6 Å². The molecule has 1 aromatic heterocycles. The van der Waals surface area contributed by atoms with Crippen molar-refractivity contribution in [3.05, 3.63) is 22.4 Å². The smallest absolute Gasteiger partial charge is 0.410 e. The Morgan fingerprint density at radius 3 is 2.69 bits per heavy atom. The highest BCUT2D eigenvalue weighted by molar-refractivity contribution is 5.69. The Morgan fingerprint density at radius 2 is 2.06 bits per heavy atom. The minimum Gasteiger partial charge on any atom is -0.449 e. The van der Waals surface area contributed by atoms with Gasteiger partial charge in [0.2, 0.25) is 0 Å². The Bertz CT molecular complexity index is 917. The molecule has 174 valence electrons. The molecule has 2 aliphatic heterocycles. The highest BCUT2D eigenvalue weighted by Gasteiger charge is 2.39. The maximum absolute atomic E-state index is 12.7. The van der Waals surface area contributed by atoms with E-state index in [0.29, 0.717) is 44.3 Å². The maximum Gasteiger partial charge on any atom is 0.410 e. The number of carbonyl (C=O) groups excluding carboxylic acids is 1. The molecular formula is C25H36N4O3. The summed E-state index contributed by atoms with van der Waals surface area (Å²) in [5.41, 5.74) is 3.76. The van der Waals surface area contributed by atoms with Gasteiger partial charge in [-0.1, -0.05) is 20.8 Å². The van der Waals surface area contributed by atoms with Gasteiger partial charge in [-0.25, -0.2) is 9.78 Å². The number of pyridine rings is 1. The Kier molecular flexibility index (Phi) is 6.35. The van der Waals surface area contributed by atoms with E-state index in [1.807, 2.05) is 11.8 Å². The Hall–Kier alpha value is -2.33. The number of aromatic nitrogens is 1. The molecule has 3 heterocycles. The van der Waals surface area contributed by atoms with Gasteiger partial charge in [-0.3, -0.25) is 0 Å². The first-order chi connectivity index (χ1) is 15.3. The third-order valence-corrected chi connectivity index (χ3v) is 6.86. The normalized spacial score (nSPS) is 22.5. The number of nitrogens with zero attached hydrogens (tertiary/aromatic N) is 4. The Labute approximate surface area is 191 Å². The quantitative estimate of drug-likeness (QED) is 0.676. The monoisotopic (exact) mass is 440 g/mol. The molecule has 1 aliphatic carbocycles. The van der Waals surface area contributed by atoms with Crippen LogP contribution in [-0.4, -0.2) is 53.9 Å². The van der Waals surface area contributed by atoms with E-state index in [2.05, 4.69) is 38.7 Å². The van der Waals surface area contributed by atoms with Crippen molar-refractivity contribution >= 4 is 11.9 Å². The lowest BCUT2D eigenvalue weighted by Crippen LogP contribution is -2.57. The van der Waals surface area contributed by atoms with Crippen LogP contribution in [0.1, 0.15) is 82.2 Å².